The van der Waals surface area contributed by atoms with Crippen molar-refractivity contribution in [2.24, 2.45) is 5.41 Å². The lowest BCUT2D eigenvalue weighted by Gasteiger charge is -2.46. The third kappa shape index (κ3) is 6.30. The normalized spacial score (nSPS) is 23.2. The molecule has 0 bridgehead atoms. The van der Waals surface area contributed by atoms with Gasteiger partial charge < -0.3 is 25.8 Å². The number of benzene rings is 2. The number of carbonyl (C=O) groups is 2. The first-order valence-electron chi connectivity index (χ1n) is 14.9. The zero-order valence-electron chi connectivity index (χ0n) is 26.0. The van der Waals surface area contributed by atoms with Gasteiger partial charge in [0.05, 0.1) is 24.0 Å². The summed E-state index contributed by atoms with van der Waals surface area (Å²) in [5.74, 6) is 0.117. The smallest absolute Gasteiger partial charge is 0.239 e. The first-order chi connectivity index (χ1) is 19.1. The van der Waals surface area contributed by atoms with Crippen LogP contribution in [-0.4, -0.2) is 49.5 Å². The van der Waals surface area contributed by atoms with Crippen LogP contribution >= 0.6 is 0 Å². The minimum absolute atomic E-state index is 0.0270. The molecule has 5 rings (SSSR count). The number of carbonyl (C=O) groups excluding carboxylic acids is 2. The Bertz CT molecular complexity index is 1340. The second kappa shape index (κ2) is 10.5. The first-order valence-corrected chi connectivity index (χ1v) is 14.9. The number of rotatable bonds is 5. The average molecular weight is 558 g/mol. The maximum atomic E-state index is 14.0. The largest absolute Gasteiger partial charge is 0.378 e. The molecule has 220 valence electrons. The van der Waals surface area contributed by atoms with E-state index in [1.807, 2.05) is 32.3 Å². The van der Waals surface area contributed by atoms with Gasteiger partial charge in [-0.3, -0.25) is 9.59 Å². The van der Waals surface area contributed by atoms with Crippen molar-refractivity contribution in [1.29, 1.82) is 0 Å². The van der Waals surface area contributed by atoms with Crippen molar-refractivity contribution >= 4 is 28.8 Å². The van der Waals surface area contributed by atoms with Gasteiger partial charge >= 0.3 is 0 Å². The Morgan fingerprint density at radius 2 is 1.59 bits per heavy atom. The van der Waals surface area contributed by atoms with Gasteiger partial charge in [-0.25, -0.2) is 0 Å². The zero-order chi connectivity index (χ0) is 29.7. The van der Waals surface area contributed by atoms with Crippen LogP contribution in [0.15, 0.2) is 59.8 Å². The molecular formula is C34H47N5O2. The maximum Gasteiger partial charge on any atom is 0.239 e. The molecule has 1 aliphatic carbocycles. The van der Waals surface area contributed by atoms with Gasteiger partial charge in [-0.2, -0.15) is 0 Å². The number of nitrogens with zero attached hydrogens (tertiary/aromatic N) is 2. The molecule has 7 nitrogen and oxygen atoms in total. The van der Waals surface area contributed by atoms with E-state index in [1.54, 1.807) is 0 Å². The molecule has 0 radical (unpaired) electrons. The van der Waals surface area contributed by atoms with Crippen molar-refractivity contribution < 1.29 is 9.59 Å². The molecule has 1 amide bonds. The van der Waals surface area contributed by atoms with Crippen LogP contribution in [0.5, 0.6) is 0 Å². The van der Waals surface area contributed by atoms with Crippen LogP contribution in [0.25, 0.3) is 0 Å². The molecule has 1 atom stereocenters. The van der Waals surface area contributed by atoms with Gasteiger partial charge in [0, 0.05) is 54.6 Å². The number of hydrogen-bond acceptors (Lipinski definition) is 6. The summed E-state index contributed by atoms with van der Waals surface area (Å²) in [5.41, 5.74) is 5.40. The van der Waals surface area contributed by atoms with E-state index in [-0.39, 0.29) is 46.8 Å². The average Bonchev–Trinajstić information content (AvgIpc) is 2.95. The molecule has 2 heterocycles. The van der Waals surface area contributed by atoms with Crippen LogP contribution in [0, 0.1) is 5.41 Å². The van der Waals surface area contributed by atoms with E-state index >= 15 is 0 Å². The number of fused-ring (bicyclic) bond motifs is 1. The number of para-hydroxylation sites is 2. The highest BCUT2D eigenvalue weighted by molar-refractivity contribution is 6.02. The summed E-state index contributed by atoms with van der Waals surface area (Å²) >= 11 is 0. The van der Waals surface area contributed by atoms with Crippen molar-refractivity contribution in [2.75, 3.05) is 35.8 Å². The van der Waals surface area contributed by atoms with E-state index in [0.29, 0.717) is 6.42 Å². The number of ketones is 1. The second-order valence-corrected chi connectivity index (χ2v) is 14.6. The molecule has 7 heteroatoms. The van der Waals surface area contributed by atoms with Crippen LogP contribution in [0.4, 0.5) is 17.1 Å². The number of piperidine rings is 1. The minimum atomic E-state index is -0.382. The zero-order valence-corrected chi connectivity index (χ0v) is 26.0. The fourth-order valence-electron chi connectivity index (χ4n) is 7.38. The second-order valence-electron chi connectivity index (χ2n) is 14.6. The van der Waals surface area contributed by atoms with Gasteiger partial charge in [-0.1, -0.05) is 38.1 Å². The summed E-state index contributed by atoms with van der Waals surface area (Å²) in [5, 5.41) is 10.7. The Morgan fingerprint density at radius 3 is 2.22 bits per heavy atom. The van der Waals surface area contributed by atoms with Crippen LogP contribution in [0.3, 0.4) is 0 Å². The van der Waals surface area contributed by atoms with E-state index in [4.69, 9.17) is 0 Å². The lowest BCUT2D eigenvalue weighted by Crippen LogP contribution is -2.62. The van der Waals surface area contributed by atoms with Crippen molar-refractivity contribution in [1.82, 2.24) is 10.6 Å². The number of anilines is 3. The Kier molecular flexibility index (Phi) is 7.48. The third-order valence-corrected chi connectivity index (χ3v) is 8.60. The summed E-state index contributed by atoms with van der Waals surface area (Å²) in [6.45, 7) is 13.2. The maximum absolute atomic E-state index is 14.0. The predicted octanol–water partition coefficient (Wildman–Crippen LogP) is 5.79. The van der Waals surface area contributed by atoms with Crippen LogP contribution < -0.4 is 25.8 Å². The summed E-state index contributed by atoms with van der Waals surface area (Å²) in [6.07, 6.45) is 2.97. The van der Waals surface area contributed by atoms with Crippen molar-refractivity contribution in [3.8, 4) is 0 Å². The molecule has 2 aromatic rings. The molecule has 3 N–H and O–H groups in total. The molecular weight excluding hydrogens is 510 g/mol. The molecule has 1 saturated heterocycles. The molecule has 2 aliphatic heterocycles. The molecule has 0 aromatic heterocycles. The summed E-state index contributed by atoms with van der Waals surface area (Å²) in [4.78, 5) is 32.1. The summed E-state index contributed by atoms with van der Waals surface area (Å²) < 4.78 is 0. The summed E-state index contributed by atoms with van der Waals surface area (Å²) in [6, 6.07) is 16.2. The van der Waals surface area contributed by atoms with Gasteiger partial charge in [0.2, 0.25) is 5.91 Å². The topological polar surface area (TPSA) is 76.7 Å². The van der Waals surface area contributed by atoms with E-state index in [2.05, 4.69) is 97.6 Å². The van der Waals surface area contributed by atoms with E-state index in [0.717, 1.165) is 53.2 Å². The van der Waals surface area contributed by atoms with E-state index in [9.17, 15) is 9.59 Å². The van der Waals surface area contributed by atoms with Crippen LogP contribution in [-0.2, 0) is 9.59 Å². The highest BCUT2D eigenvalue weighted by Crippen LogP contribution is 2.48. The van der Waals surface area contributed by atoms with Crippen LogP contribution in [0.1, 0.15) is 78.8 Å². The molecule has 0 saturated carbocycles. The lowest BCUT2D eigenvalue weighted by atomic mass is 9.73. The number of nitrogens with one attached hydrogen (secondary N) is 3. The summed E-state index contributed by atoms with van der Waals surface area (Å²) in [7, 11) is 4.04. The highest BCUT2D eigenvalue weighted by Gasteiger charge is 2.43. The Balaban J connectivity index is 1.57. The van der Waals surface area contributed by atoms with Gasteiger partial charge in [-0.05, 0) is 82.2 Å². The monoisotopic (exact) mass is 557 g/mol. The number of amides is 1. The molecule has 2 aromatic carbocycles. The Labute approximate surface area is 245 Å². The Morgan fingerprint density at radius 1 is 0.951 bits per heavy atom. The van der Waals surface area contributed by atoms with Gasteiger partial charge in [-0.15, -0.1) is 0 Å². The molecule has 41 heavy (non-hydrogen) atoms. The SMILES string of the molecule is CN(C)c1ccc(C2C3=C(CC(C)(C)CC3=O)Nc3ccccc3N2CC(=O)NC2CC(C)(C)NC(C)(C)C2)cc1. The quantitative estimate of drug-likeness (QED) is 0.432. The van der Waals surface area contributed by atoms with Gasteiger partial charge in [0.15, 0.2) is 5.78 Å². The van der Waals surface area contributed by atoms with Gasteiger partial charge in [0.1, 0.15) is 0 Å². The third-order valence-electron chi connectivity index (χ3n) is 8.60. The number of hydrogen-bond donors (Lipinski definition) is 3. The number of allylic oxidation sites excluding steroid dienone is 1. The fraction of sp³-hybridized carbons (Fsp3) is 0.529. The van der Waals surface area contributed by atoms with Crippen LogP contribution in [0.2, 0.25) is 0 Å². The molecule has 0 spiro atoms. The lowest BCUT2D eigenvalue weighted by molar-refractivity contribution is -0.121. The van der Waals surface area contributed by atoms with Gasteiger partial charge in [0.25, 0.3) is 0 Å². The van der Waals surface area contributed by atoms with E-state index < -0.39 is 0 Å². The van der Waals surface area contributed by atoms with Crippen molar-refractivity contribution in [2.45, 2.75) is 90.4 Å². The minimum Gasteiger partial charge on any atom is -0.378 e. The molecule has 1 fully saturated rings. The van der Waals surface area contributed by atoms with Crippen molar-refractivity contribution in [3.05, 3.63) is 65.4 Å². The Hall–Kier alpha value is -3.32. The number of Topliss-reactive ketones (excluding diaryl/α,β-unsaturated/α-hetero) is 1. The fourth-order valence-corrected chi connectivity index (χ4v) is 7.38. The predicted molar refractivity (Wildman–Crippen MR) is 168 cm³/mol. The molecule has 3 aliphatic rings. The molecule has 1 unspecified atom stereocenters. The first kappa shape index (κ1) is 29.2. The van der Waals surface area contributed by atoms with E-state index in [1.165, 1.54) is 0 Å². The standard InChI is InChI=1S/C34H47N5O2/c1-32(2)19-26-30(28(40)20-32)31(22-13-15-24(16-14-22)38(7)8)39(27-12-10-9-11-25(27)36-26)21-29(41)35-23-17-33(3,4)37-34(5,6)18-23/h9-16,23,31,36-37H,17-21H2,1-8H3,(H,35,41). The highest BCUT2D eigenvalue weighted by atomic mass is 16.2. The van der Waals surface area contributed by atoms with Crippen molar-refractivity contribution in [3.63, 3.8) is 0 Å².